The number of anilines is 1. The molecule has 186 valence electrons. The van der Waals surface area contributed by atoms with E-state index in [2.05, 4.69) is 9.88 Å². The maximum atomic E-state index is 11.8. The number of hydrogen-bond donors (Lipinski definition) is 1. The second-order valence-electron chi connectivity index (χ2n) is 8.47. The monoisotopic (exact) mass is 507 g/mol. The van der Waals surface area contributed by atoms with Crippen LogP contribution in [0.5, 0.6) is 5.75 Å². The molecule has 2 N–H and O–H groups in total. The maximum absolute atomic E-state index is 11.8. The number of amides is 1. The summed E-state index contributed by atoms with van der Waals surface area (Å²) in [4.78, 5) is 31.3. The molecule has 0 aliphatic carbocycles. The fraction of sp³-hybridized carbons (Fsp3) is 0.280. The summed E-state index contributed by atoms with van der Waals surface area (Å²) in [6, 6.07) is 12.6. The highest BCUT2D eigenvalue weighted by atomic mass is 32.1. The Morgan fingerprint density at radius 2 is 2.08 bits per heavy atom. The summed E-state index contributed by atoms with van der Waals surface area (Å²) in [5.41, 5.74) is 8.47. The number of ether oxygens (including phenoxy) is 2. The van der Waals surface area contributed by atoms with Crippen LogP contribution in [0.15, 0.2) is 54.9 Å². The van der Waals surface area contributed by atoms with Gasteiger partial charge < -0.3 is 20.1 Å². The second-order valence-corrected chi connectivity index (χ2v) is 9.61. The van der Waals surface area contributed by atoms with Gasteiger partial charge in [0.2, 0.25) is 5.91 Å². The van der Waals surface area contributed by atoms with Gasteiger partial charge in [0.25, 0.3) is 5.69 Å². The Labute approximate surface area is 211 Å². The molecule has 5 rings (SSSR count). The first-order valence-corrected chi connectivity index (χ1v) is 12.3. The molecule has 1 aromatic carbocycles. The van der Waals surface area contributed by atoms with Crippen molar-refractivity contribution in [3.63, 3.8) is 0 Å². The number of fused-ring (bicyclic) bond motifs is 1. The number of nitro groups is 1. The lowest BCUT2D eigenvalue weighted by Crippen LogP contribution is -2.36. The van der Waals surface area contributed by atoms with E-state index in [0.717, 1.165) is 21.9 Å². The molecule has 10 nitrogen and oxygen atoms in total. The normalized spacial score (nSPS) is 14.6. The maximum Gasteiger partial charge on any atom is 0.276 e. The van der Waals surface area contributed by atoms with Gasteiger partial charge in [0.15, 0.2) is 0 Å². The Balaban J connectivity index is 1.50. The Hall–Kier alpha value is -3.96. The minimum absolute atomic E-state index is 0.000628. The Morgan fingerprint density at radius 3 is 2.83 bits per heavy atom. The minimum atomic E-state index is -0.650. The van der Waals surface area contributed by atoms with E-state index in [4.69, 9.17) is 15.2 Å². The molecule has 1 unspecified atom stereocenters. The molecule has 4 aromatic rings. The van der Waals surface area contributed by atoms with Crippen LogP contribution in [0, 0.1) is 10.1 Å². The number of primary amides is 1. The molecule has 36 heavy (non-hydrogen) atoms. The summed E-state index contributed by atoms with van der Waals surface area (Å²) in [6.07, 6.45) is 3.02. The van der Waals surface area contributed by atoms with Gasteiger partial charge in [-0.2, -0.15) is 0 Å². The van der Waals surface area contributed by atoms with Crippen LogP contribution in [0.1, 0.15) is 23.5 Å². The summed E-state index contributed by atoms with van der Waals surface area (Å²) < 4.78 is 13.7. The molecule has 1 amide bonds. The van der Waals surface area contributed by atoms with E-state index in [0.29, 0.717) is 42.5 Å². The highest BCUT2D eigenvalue weighted by molar-refractivity contribution is 7.15. The van der Waals surface area contributed by atoms with Crippen LogP contribution in [-0.2, 0) is 16.0 Å². The van der Waals surface area contributed by atoms with Crippen molar-refractivity contribution in [2.45, 2.75) is 19.4 Å². The van der Waals surface area contributed by atoms with Gasteiger partial charge in [0.1, 0.15) is 17.5 Å². The number of carbonyl (C=O) groups is 1. The second kappa shape index (κ2) is 9.96. The molecule has 0 radical (unpaired) electrons. The molecule has 0 bridgehead atoms. The number of pyridine rings is 1. The number of carbonyl (C=O) groups excluding carboxylic acids is 1. The quantitative estimate of drug-likeness (QED) is 0.282. The van der Waals surface area contributed by atoms with E-state index in [1.165, 1.54) is 17.4 Å². The summed E-state index contributed by atoms with van der Waals surface area (Å²) in [5, 5.41) is 11.8. The molecule has 3 aromatic heterocycles. The number of nitrogens with zero attached hydrogens (tertiary/aromatic N) is 4. The van der Waals surface area contributed by atoms with Crippen LogP contribution in [0.25, 0.3) is 16.2 Å². The molecule has 0 spiro atoms. The fourth-order valence-corrected chi connectivity index (χ4v) is 5.45. The van der Waals surface area contributed by atoms with Crippen molar-refractivity contribution in [3.8, 4) is 16.3 Å². The van der Waals surface area contributed by atoms with Crippen molar-refractivity contribution >= 4 is 34.3 Å². The van der Waals surface area contributed by atoms with Crippen LogP contribution < -0.4 is 15.4 Å². The lowest BCUT2D eigenvalue weighted by molar-refractivity contribution is -0.386. The molecule has 1 atom stereocenters. The van der Waals surface area contributed by atoms with Gasteiger partial charge in [-0.25, -0.2) is 4.98 Å². The zero-order chi connectivity index (χ0) is 25.2. The molecular formula is C25H25N5O5S. The predicted molar refractivity (Wildman–Crippen MR) is 137 cm³/mol. The van der Waals surface area contributed by atoms with Gasteiger partial charge in [-0.15, -0.1) is 11.3 Å². The van der Waals surface area contributed by atoms with Crippen molar-refractivity contribution in [3.05, 3.63) is 75.4 Å². The van der Waals surface area contributed by atoms with E-state index >= 15 is 0 Å². The summed E-state index contributed by atoms with van der Waals surface area (Å²) >= 11 is 1.39. The van der Waals surface area contributed by atoms with Crippen molar-refractivity contribution in [1.82, 2.24) is 9.38 Å². The number of thiophene rings is 1. The predicted octanol–water partition coefficient (Wildman–Crippen LogP) is 3.98. The van der Waals surface area contributed by atoms with Gasteiger partial charge >= 0.3 is 0 Å². The van der Waals surface area contributed by atoms with Gasteiger partial charge in [-0.1, -0.05) is 6.07 Å². The van der Waals surface area contributed by atoms with E-state index in [-0.39, 0.29) is 12.1 Å². The van der Waals surface area contributed by atoms with Crippen molar-refractivity contribution in [1.29, 1.82) is 0 Å². The minimum Gasteiger partial charge on any atom is -0.485 e. The zero-order valence-corrected chi connectivity index (χ0v) is 20.4. The summed E-state index contributed by atoms with van der Waals surface area (Å²) in [7, 11) is 0. The first-order valence-electron chi connectivity index (χ1n) is 11.5. The van der Waals surface area contributed by atoms with Crippen LogP contribution in [0.4, 0.5) is 11.4 Å². The molecule has 1 aliphatic heterocycles. The standard InChI is InChI=1S/C25H25N5O5S/c1-16(18-12-17(5-6-19(18)30(32)33)28-8-10-34-11-9-28)35-21-13-22(36-23(21)14-24(26)31)20-15-27-25-4-2-3-7-29(20)25/h2-7,12-13,15-16H,8-11,14H2,1H3,(H2,26,31). The SMILES string of the molecule is CC(Oc1cc(-c2cnc3ccccn23)sc1CC(N)=O)c1cc(N2CCOCC2)ccc1[N+](=O)[O-]. The largest absolute Gasteiger partial charge is 0.485 e. The van der Waals surface area contributed by atoms with E-state index in [1.807, 2.05) is 34.9 Å². The number of morpholine rings is 1. The fourth-order valence-electron chi connectivity index (χ4n) is 4.34. The Kier molecular flexibility index (Phi) is 6.57. The number of aromatic nitrogens is 2. The smallest absolute Gasteiger partial charge is 0.276 e. The highest BCUT2D eigenvalue weighted by Crippen LogP contribution is 2.40. The summed E-state index contributed by atoms with van der Waals surface area (Å²) in [5.74, 6) is -0.0161. The Bertz CT molecular complexity index is 1430. The van der Waals surface area contributed by atoms with Crippen LogP contribution >= 0.6 is 11.3 Å². The third-order valence-electron chi connectivity index (χ3n) is 6.10. The van der Waals surface area contributed by atoms with Crippen molar-refractivity contribution in [2.75, 3.05) is 31.2 Å². The van der Waals surface area contributed by atoms with E-state index in [9.17, 15) is 14.9 Å². The molecular weight excluding hydrogens is 482 g/mol. The first kappa shape index (κ1) is 23.8. The number of imidazole rings is 1. The Morgan fingerprint density at radius 1 is 1.28 bits per heavy atom. The van der Waals surface area contributed by atoms with Gasteiger partial charge in [0.05, 0.1) is 51.8 Å². The van der Waals surface area contributed by atoms with Crippen molar-refractivity contribution < 1.29 is 19.2 Å². The third-order valence-corrected chi connectivity index (χ3v) is 7.24. The molecule has 0 saturated carbocycles. The number of benzene rings is 1. The van der Waals surface area contributed by atoms with Crippen molar-refractivity contribution in [2.24, 2.45) is 5.73 Å². The number of rotatable bonds is 8. The van der Waals surface area contributed by atoms with E-state index in [1.54, 1.807) is 25.3 Å². The zero-order valence-electron chi connectivity index (χ0n) is 19.6. The lowest BCUT2D eigenvalue weighted by Gasteiger charge is -2.29. The first-order chi connectivity index (χ1) is 17.4. The number of hydrogen-bond acceptors (Lipinski definition) is 8. The molecule has 1 fully saturated rings. The third kappa shape index (κ3) is 4.75. The van der Waals surface area contributed by atoms with Gasteiger partial charge in [-0.05, 0) is 31.2 Å². The number of nitrogens with two attached hydrogens (primary N) is 1. The molecule has 11 heteroatoms. The highest BCUT2D eigenvalue weighted by Gasteiger charge is 2.25. The topological polar surface area (TPSA) is 125 Å². The van der Waals surface area contributed by atoms with Gasteiger partial charge in [0, 0.05) is 37.1 Å². The number of nitro benzene ring substituents is 1. The van der Waals surface area contributed by atoms with Crippen LogP contribution in [0.3, 0.4) is 0 Å². The lowest BCUT2D eigenvalue weighted by atomic mass is 10.1. The summed E-state index contributed by atoms with van der Waals surface area (Å²) in [6.45, 7) is 4.40. The molecule has 1 aliphatic rings. The average Bonchev–Trinajstić information content (AvgIpc) is 3.47. The van der Waals surface area contributed by atoms with Gasteiger partial charge in [-0.3, -0.25) is 19.3 Å². The van der Waals surface area contributed by atoms with E-state index < -0.39 is 16.9 Å². The van der Waals surface area contributed by atoms with Crippen LogP contribution in [0.2, 0.25) is 0 Å². The molecule has 4 heterocycles. The molecule has 1 saturated heterocycles. The van der Waals surface area contributed by atoms with Crippen LogP contribution in [-0.4, -0.2) is 46.5 Å². The average molecular weight is 508 g/mol.